The van der Waals surface area contributed by atoms with Crippen molar-refractivity contribution in [2.24, 2.45) is 0 Å². The molecule has 8 nitrogen and oxygen atoms in total. The molecule has 3 heterocycles. The highest BCUT2D eigenvalue weighted by Gasteiger charge is 2.19. The molecule has 4 rings (SSSR count). The molecule has 1 aromatic carbocycles. The lowest BCUT2D eigenvalue weighted by atomic mass is 10.2. The molecular weight excluding hydrogens is 401 g/mol. The van der Waals surface area contributed by atoms with Gasteiger partial charge in [-0.2, -0.15) is 5.10 Å². The Bertz CT molecular complexity index is 1100. The summed E-state index contributed by atoms with van der Waals surface area (Å²) in [7, 11) is 0. The van der Waals surface area contributed by atoms with Crippen LogP contribution in [0.3, 0.4) is 0 Å². The monoisotopic (exact) mass is 425 g/mol. The van der Waals surface area contributed by atoms with E-state index in [4.69, 9.17) is 4.42 Å². The van der Waals surface area contributed by atoms with Crippen LogP contribution in [0, 0.1) is 5.82 Å². The molecule has 1 saturated heterocycles. The fraction of sp³-hybridized carbons (Fsp3) is 0.318. The Balaban J connectivity index is 1.43. The number of carbonyl (C=O) groups is 1. The molecule has 2 aromatic heterocycles. The van der Waals surface area contributed by atoms with Gasteiger partial charge in [-0.25, -0.2) is 9.07 Å². The number of hydrogen-bond acceptors (Lipinski definition) is 6. The lowest BCUT2D eigenvalue weighted by Crippen LogP contribution is -2.47. The minimum absolute atomic E-state index is 0.140. The van der Waals surface area contributed by atoms with E-state index in [0.717, 1.165) is 31.9 Å². The molecule has 1 aliphatic heterocycles. The molecular formula is C22H24FN5O3. The van der Waals surface area contributed by atoms with Gasteiger partial charge in [-0.1, -0.05) is 0 Å². The van der Waals surface area contributed by atoms with E-state index in [1.54, 1.807) is 30.3 Å². The van der Waals surface area contributed by atoms with Crippen LogP contribution in [0.4, 0.5) is 15.9 Å². The van der Waals surface area contributed by atoms with Crippen LogP contribution >= 0.6 is 0 Å². The van der Waals surface area contributed by atoms with E-state index < -0.39 is 0 Å². The van der Waals surface area contributed by atoms with Gasteiger partial charge < -0.3 is 19.5 Å². The van der Waals surface area contributed by atoms with Crippen LogP contribution in [-0.2, 0) is 6.54 Å². The number of carbonyl (C=O) groups excluding carboxylic acids is 1. The third-order valence-corrected chi connectivity index (χ3v) is 5.18. The summed E-state index contributed by atoms with van der Waals surface area (Å²) in [6, 6.07) is 13.0. The van der Waals surface area contributed by atoms with Crippen molar-refractivity contribution >= 4 is 17.4 Å². The molecule has 0 unspecified atom stereocenters. The van der Waals surface area contributed by atoms with Crippen molar-refractivity contribution in [2.45, 2.75) is 13.5 Å². The Hall–Kier alpha value is -3.62. The molecule has 31 heavy (non-hydrogen) atoms. The fourth-order valence-corrected chi connectivity index (χ4v) is 3.55. The number of aromatic nitrogens is 2. The van der Waals surface area contributed by atoms with Crippen molar-refractivity contribution in [3.05, 3.63) is 76.2 Å². The summed E-state index contributed by atoms with van der Waals surface area (Å²) in [6.45, 7) is 5.46. The summed E-state index contributed by atoms with van der Waals surface area (Å²) in [5, 5.41) is 7.17. The maximum Gasteiger partial charge on any atom is 0.286 e. The van der Waals surface area contributed by atoms with Gasteiger partial charge in [0.2, 0.25) is 0 Å². The smallest absolute Gasteiger partial charge is 0.286 e. The maximum atomic E-state index is 13.1. The largest absolute Gasteiger partial charge is 0.454 e. The van der Waals surface area contributed by atoms with Crippen molar-refractivity contribution in [3.63, 3.8) is 0 Å². The quantitative estimate of drug-likeness (QED) is 0.651. The molecule has 0 saturated carbocycles. The van der Waals surface area contributed by atoms with Crippen LogP contribution in [-0.4, -0.2) is 48.4 Å². The predicted molar refractivity (Wildman–Crippen MR) is 115 cm³/mol. The maximum absolute atomic E-state index is 13.1. The van der Waals surface area contributed by atoms with Gasteiger partial charge in [0.1, 0.15) is 23.9 Å². The number of rotatable bonds is 6. The van der Waals surface area contributed by atoms with Crippen molar-refractivity contribution in [1.82, 2.24) is 15.1 Å². The number of benzene rings is 1. The molecule has 162 valence electrons. The molecule has 0 bridgehead atoms. The van der Waals surface area contributed by atoms with Crippen LogP contribution in [0.2, 0.25) is 0 Å². The molecule has 0 atom stereocenters. The predicted octanol–water partition coefficient (Wildman–Crippen LogP) is 2.10. The second kappa shape index (κ2) is 9.03. The Morgan fingerprint density at radius 3 is 2.45 bits per heavy atom. The van der Waals surface area contributed by atoms with Gasteiger partial charge in [0.15, 0.2) is 5.76 Å². The van der Waals surface area contributed by atoms with E-state index in [2.05, 4.69) is 20.2 Å². The van der Waals surface area contributed by atoms with Crippen LogP contribution in [0.25, 0.3) is 0 Å². The van der Waals surface area contributed by atoms with E-state index in [-0.39, 0.29) is 29.6 Å². The van der Waals surface area contributed by atoms with Crippen LogP contribution in [0.15, 0.2) is 57.7 Å². The number of piperazine rings is 1. The summed E-state index contributed by atoms with van der Waals surface area (Å²) >= 11 is 0. The number of hydrogen-bond donors (Lipinski definition) is 1. The van der Waals surface area contributed by atoms with E-state index in [1.807, 2.05) is 6.92 Å². The summed E-state index contributed by atoms with van der Waals surface area (Å²) in [4.78, 5) is 28.5. The zero-order chi connectivity index (χ0) is 21.8. The topological polar surface area (TPSA) is 83.6 Å². The lowest BCUT2D eigenvalue weighted by molar-refractivity contribution is 0.0926. The Morgan fingerprint density at radius 1 is 1.03 bits per heavy atom. The SMILES string of the molecule is CCNC(=O)c1ccc(Cn2nc(N3CCN(c4ccc(F)cc4)CC3)ccc2=O)o1. The van der Waals surface area contributed by atoms with Gasteiger partial charge in [0, 0.05) is 44.5 Å². The van der Waals surface area contributed by atoms with Crippen LogP contribution in [0.1, 0.15) is 23.2 Å². The minimum atomic E-state index is -0.290. The lowest BCUT2D eigenvalue weighted by Gasteiger charge is -2.36. The van der Waals surface area contributed by atoms with Gasteiger partial charge in [-0.05, 0) is 49.4 Å². The average Bonchev–Trinajstić information content (AvgIpc) is 3.25. The number of furan rings is 1. The van der Waals surface area contributed by atoms with E-state index in [9.17, 15) is 14.0 Å². The summed E-state index contributed by atoms with van der Waals surface area (Å²) in [5.74, 6) is 0.853. The van der Waals surface area contributed by atoms with Crippen molar-refractivity contribution in [1.29, 1.82) is 0 Å². The summed E-state index contributed by atoms with van der Waals surface area (Å²) in [6.07, 6.45) is 0. The van der Waals surface area contributed by atoms with E-state index >= 15 is 0 Å². The Kier molecular flexibility index (Phi) is 6.01. The fourth-order valence-electron chi connectivity index (χ4n) is 3.55. The molecule has 1 amide bonds. The second-order valence-corrected chi connectivity index (χ2v) is 7.26. The summed E-state index contributed by atoms with van der Waals surface area (Å²) < 4.78 is 20.0. The standard InChI is InChI=1S/C22H24FN5O3/c1-2-24-22(30)19-8-7-18(31-19)15-28-21(29)10-9-20(25-28)27-13-11-26(12-14-27)17-5-3-16(23)4-6-17/h3-10H,2,11-15H2,1H3,(H,24,30). The molecule has 0 radical (unpaired) electrons. The van der Waals surface area contributed by atoms with Crippen molar-refractivity contribution < 1.29 is 13.6 Å². The number of nitrogens with zero attached hydrogens (tertiary/aromatic N) is 4. The second-order valence-electron chi connectivity index (χ2n) is 7.26. The van der Waals surface area contributed by atoms with Gasteiger partial charge in [0.05, 0.1) is 0 Å². The molecule has 9 heteroatoms. The van der Waals surface area contributed by atoms with Gasteiger partial charge in [0.25, 0.3) is 11.5 Å². The molecule has 0 aliphatic carbocycles. The Morgan fingerprint density at radius 2 is 1.74 bits per heavy atom. The van der Waals surface area contributed by atoms with Gasteiger partial charge >= 0.3 is 0 Å². The zero-order valence-corrected chi connectivity index (χ0v) is 17.3. The first-order valence-corrected chi connectivity index (χ1v) is 10.2. The third-order valence-electron chi connectivity index (χ3n) is 5.18. The molecule has 0 spiro atoms. The van der Waals surface area contributed by atoms with E-state index in [1.165, 1.54) is 22.9 Å². The molecule has 1 N–H and O–H groups in total. The number of amides is 1. The van der Waals surface area contributed by atoms with Gasteiger partial charge in [-0.15, -0.1) is 0 Å². The van der Waals surface area contributed by atoms with Crippen molar-refractivity contribution in [2.75, 3.05) is 42.5 Å². The zero-order valence-electron chi connectivity index (χ0n) is 17.3. The highest BCUT2D eigenvalue weighted by Crippen LogP contribution is 2.19. The van der Waals surface area contributed by atoms with Crippen LogP contribution < -0.4 is 20.7 Å². The van der Waals surface area contributed by atoms with Crippen LogP contribution in [0.5, 0.6) is 0 Å². The summed E-state index contributed by atoms with van der Waals surface area (Å²) in [5.41, 5.74) is 0.740. The van der Waals surface area contributed by atoms with Crippen molar-refractivity contribution in [3.8, 4) is 0 Å². The average molecular weight is 425 g/mol. The number of halogens is 1. The van der Waals surface area contributed by atoms with E-state index in [0.29, 0.717) is 18.1 Å². The number of anilines is 2. The normalized spacial score (nSPS) is 14.0. The molecule has 3 aromatic rings. The first-order valence-electron chi connectivity index (χ1n) is 10.2. The molecule has 1 aliphatic rings. The first-order chi connectivity index (χ1) is 15.0. The highest BCUT2D eigenvalue weighted by atomic mass is 19.1. The first kappa shape index (κ1) is 20.6. The van der Waals surface area contributed by atoms with Gasteiger partial charge in [-0.3, -0.25) is 9.59 Å². The number of nitrogens with one attached hydrogen (secondary N) is 1. The Labute approximate surface area is 178 Å². The third kappa shape index (κ3) is 4.76. The highest BCUT2D eigenvalue weighted by molar-refractivity contribution is 5.91. The molecule has 1 fully saturated rings. The minimum Gasteiger partial charge on any atom is -0.454 e.